The Morgan fingerprint density at radius 3 is 2.67 bits per heavy atom. The van der Waals surface area contributed by atoms with E-state index >= 15 is 0 Å². The molecule has 1 aromatic carbocycles. The van der Waals surface area contributed by atoms with Gasteiger partial charge < -0.3 is 9.64 Å². The molecule has 5 heteroatoms. The summed E-state index contributed by atoms with van der Waals surface area (Å²) in [6.07, 6.45) is 1.30. The van der Waals surface area contributed by atoms with E-state index in [9.17, 15) is 4.79 Å². The predicted octanol–water partition coefficient (Wildman–Crippen LogP) is 2.91. The molecule has 2 unspecified atom stereocenters. The fourth-order valence-electron chi connectivity index (χ4n) is 2.96. The normalized spacial score (nSPS) is 23.0. The van der Waals surface area contributed by atoms with Gasteiger partial charge in [0.05, 0.1) is 7.11 Å². The van der Waals surface area contributed by atoms with Crippen LogP contribution in [0.25, 0.3) is 10.6 Å². The minimum absolute atomic E-state index is 0.0817. The average molecular weight is 300 g/mol. The molecule has 1 saturated heterocycles. The number of fused-ring (bicyclic) bond motifs is 1. The lowest BCUT2D eigenvalue weighted by Gasteiger charge is -2.16. The van der Waals surface area contributed by atoms with Gasteiger partial charge in [-0.05, 0) is 42.5 Å². The van der Waals surface area contributed by atoms with Crippen molar-refractivity contribution in [3.8, 4) is 16.3 Å². The van der Waals surface area contributed by atoms with Gasteiger partial charge in [-0.25, -0.2) is 4.98 Å². The van der Waals surface area contributed by atoms with Gasteiger partial charge in [-0.15, -0.1) is 11.3 Å². The third kappa shape index (κ3) is 2.31. The number of thiazole rings is 1. The Balaban J connectivity index is 1.53. The summed E-state index contributed by atoms with van der Waals surface area (Å²) in [7, 11) is 1.65. The molecule has 21 heavy (non-hydrogen) atoms. The van der Waals surface area contributed by atoms with E-state index < -0.39 is 0 Å². The summed E-state index contributed by atoms with van der Waals surface area (Å²) < 4.78 is 5.15. The molecule has 1 aromatic heterocycles. The highest BCUT2D eigenvalue weighted by atomic mass is 32.1. The molecular formula is C16H16N2O2S. The summed E-state index contributed by atoms with van der Waals surface area (Å²) in [5.74, 6) is 2.42. The first-order chi connectivity index (χ1) is 10.2. The molecule has 1 aliphatic carbocycles. The molecule has 4 nitrogen and oxygen atoms in total. The van der Waals surface area contributed by atoms with Crippen molar-refractivity contribution in [2.24, 2.45) is 11.8 Å². The zero-order valence-corrected chi connectivity index (χ0v) is 12.6. The Kier molecular flexibility index (Phi) is 2.96. The second kappa shape index (κ2) is 4.84. The van der Waals surface area contributed by atoms with E-state index in [1.807, 2.05) is 34.5 Å². The summed E-state index contributed by atoms with van der Waals surface area (Å²) >= 11 is 1.52. The van der Waals surface area contributed by atoms with Crippen molar-refractivity contribution in [3.05, 3.63) is 35.3 Å². The molecule has 108 valence electrons. The minimum atomic E-state index is 0.0817. The van der Waals surface area contributed by atoms with Crippen LogP contribution < -0.4 is 4.74 Å². The van der Waals surface area contributed by atoms with Gasteiger partial charge in [0, 0.05) is 24.0 Å². The van der Waals surface area contributed by atoms with Gasteiger partial charge in [0.15, 0.2) is 0 Å². The highest BCUT2D eigenvalue weighted by Gasteiger charge is 2.46. The third-order valence-electron chi connectivity index (χ3n) is 4.33. The van der Waals surface area contributed by atoms with Gasteiger partial charge in [0.1, 0.15) is 16.5 Å². The van der Waals surface area contributed by atoms with Crippen LogP contribution >= 0.6 is 11.3 Å². The number of hydrogen-bond acceptors (Lipinski definition) is 4. The maximum absolute atomic E-state index is 12.4. The average Bonchev–Trinajstić information content (AvgIpc) is 2.95. The summed E-state index contributed by atoms with van der Waals surface area (Å²) in [5, 5.41) is 2.75. The predicted molar refractivity (Wildman–Crippen MR) is 81.6 cm³/mol. The molecular weight excluding hydrogens is 284 g/mol. The van der Waals surface area contributed by atoms with Crippen LogP contribution in [0.3, 0.4) is 0 Å². The maximum atomic E-state index is 12.4. The largest absolute Gasteiger partial charge is 0.497 e. The SMILES string of the molecule is COc1ccc(-c2nc(C(=O)N3CC4CC4C3)cs2)cc1. The van der Waals surface area contributed by atoms with Crippen LogP contribution in [0, 0.1) is 11.8 Å². The van der Waals surface area contributed by atoms with Crippen molar-refractivity contribution in [1.29, 1.82) is 0 Å². The first-order valence-corrected chi connectivity index (χ1v) is 8.02. The number of benzene rings is 1. The summed E-state index contributed by atoms with van der Waals surface area (Å²) in [6, 6.07) is 7.76. The molecule has 0 N–H and O–H groups in total. The number of methoxy groups -OCH3 is 1. The highest BCUT2D eigenvalue weighted by molar-refractivity contribution is 7.13. The second-order valence-corrected chi connectivity index (χ2v) is 6.59. The lowest BCUT2D eigenvalue weighted by molar-refractivity contribution is 0.0770. The molecule has 1 amide bonds. The van der Waals surface area contributed by atoms with Crippen LogP contribution in [0.5, 0.6) is 5.75 Å². The quantitative estimate of drug-likeness (QED) is 0.875. The first-order valence-electron chi connectivity index (χ1n) is 7.14. The topological polar surface area (TPSA) is 42.4 Å². The van der Waals surface area contributed by atoms with E-state index in [2.05, 4.69) is 4.98 Å². The van der Waals surface area contributed by atoms with E-state index in [0.29, 0.717) is 5.69 Å². The van der Waals surface area contributed by atoms with Crippen molar-refractivity contribution in [2.45, 2.75) is 6.42 Å². The minimum Gasteiger partial charge on any atom is -0.497 e. The Morgan fingerprint density at radius 1 is 1.29 bits per heavy atom. The standard InChI is InChI=1S/C16H16N2O2S/c1-20-13-4-2-10(3-5-13)15-17-14(9-21-15)16(19)18-7-11-6-12(11)8-18/h2-5,9,11-12H,6-8H2,1H3. The Morgan fingerprint density at radius 2 is 2.00 bits per heavy atom. The van der Waals surface area contributed by atoms with Gasteiger partial charge in [-0.2, -0.15) is 0 Å². The van der Waals surface area contributed by atoms with Crippen molar-refractivity contribution in [3.63, 3.8) is 0 Å². The number of carbonyl (C=O) groups is 1. The molecule has 1 aliphatic heterocycles. The maximum Gasteiger partial charge on any atom is 0.273 e. The molecule has 4 rings (SSSR count). The summed E-state index contributed by atoms with van der Waals surface area (Å²) in [4.78, 5) is 18.9. The first kappa shape index (κ1) is 12.8. The van der Waals surface area contributed by atoms with Crippen LogP contribution in [0.15, 0.2) is 29.6 Å². The van der Waals surface area contributed by atoms with Crippen molar-refractivity contribution in [2.75, 3.05) is 20.2 Å². The lowest BCUT2D eigenvalue weighted by Crippen LogP contribution is -2.30. The van der Waals surface area contributed by atoms with Gasteiger partial charge in [-0.3, -0.25) is 4.79 Å². The molecule has 2 atom stereocenters. The molecule has 1 saturated carbocycles. The number of ether oxygens (including phenoxy) is 1. The fourth-order valence-corrected chi connectivity index (χ4v) is 3.76. The van der Waals surface area contributed by atoms with E-state index in [1.165, 1.54) is 17.8 Å². The number of hydrogen-bond donors (Lipinski definition) is 0. The number of aromatic nitrogens is 1. The Labute approximate surface area is 127 Å². The van der Waals surface area contributed by atoms with Crippen molar-refractivity contribution in [1.82, 2.24) is 9.88 Å². The number of likely N-dealkylation sites (tertiary alicyclic amines) is 1. The van der Waals surface area contributed by atoms with Crippen molar-refractivity contribution < 1.29 is 9.53 Å². The third-order valence-corrected chi connectivity index (χ3v) is 5.22. The summed E-state index contributed by atoms with van der Waals surface area (Å²) in [6.45, 7) is 1.83. The summed E-state index contributed by atoms with van der Waals surface area (Å²) in [5.41, 5.74) is 1.59. The van der Waals surface area contributed by atoms with Crippen LogP contribution in [-0.2, 0) is 0 Å². The van der Waals surface area contributed by atoms with E-state index in [4.69, 9.17) is 4.74 Å². The van der Waals surface area contributed by atoms with Crippen molar-refractivity contribution >= 4 is 17.2 Å². The Hall–Kier alpha value is -1.88. The highest BCUT2D eigenvalue weighted by Crippen LogP contribution is 2.45. The lowest BCUT2D eigenvalue weighted by atomic mass is 10.2. The van der Waals surface area contributed by atoms with Gasteiger partial charge in [0.25, 0.3) is 5.91 Å². The number of amides is 1. The van der Waals surface area contributed by atoms with Crippen LogP contribution in [0.4, 0.5) is 0 Å². The van der Waals surface area contributed by atoms with Crippen LogP contribution in [0.1, 0.15) is 16.9 Å². The molecule has 0 spiro atoms. The Bertz CT molecular complexity index is 670. The second-order valence-electron chi connectivity index (χ2n) is 5.73. The van der Waals surface area contributed by atoms with E-state index in [1.54, 1.807) is 7.11 Å². The molecule has 2 heterocycles. The molecule has 0 radical (unpaired) electrons. The fraction of sp³-hybridized carbons (Fsp3) is 0.375. The number of piperidine rings is 1. The van der Waals surface area contributed by atoms with Crippen LogP contribution in [0.2, 0.25) is 0 Å². The molecule has 0 bridgehead atoms. The van der Waals surface area contributed by atoms with E-state index in [0.717, 1.165) is 41.2 Å². The van der Waals surface area contributed by atoms with Gasteiger partial charge in [0.2, 0.25) is 0 Å². The molecule has 2 aliphatic rings. The van der Waals surface area contributed by atoms with Crippen LogP contribution in [-0.4, -0.2) is 36.0 Å². The number of rotatable bonds is 3. The van der Waals surface area contributed by atoms with E-state index in [-0.39, 0.29) is 5.91 Å². The molecule has 2 fully saturated rings. The smallest absolute Gasteiger partial charge is 0.273 e. The monoisotopic (exact) mass is 300 g/mol. The number of carbonyl (C=O) groups excluding carboxylic acids is 1. The van der Waals surface area contributed by atoms with Gasteiger partial charge >= 0.3 is 0 Å². The zero-order valence-electron chi connectivity index (χ0n) is 11.8. The molecule has 2 aromatic rings. The number of nitrogens with zero attached hydrogens (tertiary/aromatic N) is 2. The zero-order chi connectivity index (χ0) is 14.4. The van der Waals surface area contributed by atoms with Gasteiger partial charge in [-0.1, -0.05) is 0 Å².